The monoisotopic (exact) mass is 567 g/mol. The molecule has 2 unspecified atom stereocenters. The van der Waals surface area contributed by atoms with Crippen molar-refractivity contribution in [2.24, 2.45) is 0 Å². The van der Waals surface area contributed by atoms with Gasteiger partial charge >= 0.3 is 0 Å². The Hall–Kier alpha value is -3.35. The third kappa shape index (κ3) is 7.30. The first-order valence-corrected chi connectivity index (χ1v) is 13.4. The molecule has 220 valence electrons. The van der Waals surface area contributed by atoms with Gasteiger partial charge in [0.1, 0.15) is 24.1 Å². The first kappa shape index (κ1) is 30.6. The van der Waals surface area contributed by atoms with E-state index in [1.165, 1.54) is 0 Å². The minimum atomic E-state index is -2.16. The maximum Gasteiger partial charge on any atom is 0.251 e. The SMILES string of the molecule is CNC(=O)c1cccc(-c2ccc(O[C@H]3OC(CO)[C@@H](O)C(O)[C@@]3(O)COCCOCc3ccccc3)c(C)c2)c1. The van der Waals surface area contributed by atoms with Crippen LogP contribution in [0.2, 0.25) is 0 Å². The summed E-state index contributed by atoms with van der Waals surface area (Å²) in [4.78, 5) is 12.0. The minimum absolute atomic E-state index is 0.108. The molecule has 41 heavy (non-hydrogen) atoms. The summed E-state index contributed by atoms with van der Waals surface area (Å²) in [6, 6.07) is 22.2. The van der Waals surface area contributed by atoms with E-state index in [2.05, 4.69) is 5.32 Å². The fourth-order valence-electron chi connectivity index (χ4n) is 4.61. The average Bonchev–Trinajstić information content (AvgIpc) is 3.00. The molecule has 5 atom stereocenters. The van der Waals surface area contributed by atoms with Gasteiger partial charge in [0.05, 0.1) is 33.0 Å². The Labute approximate surface area is 239 Å². The van der Waals surface area contributed by atoms with Crippen molar-refractivity contribution in [3.8, 4) is 16.9 Å². The van der Waals surface area contributed by atoms with Gasteiger partial charge < -0.3 is 44.7 Å². The zero-order valence-corrected chi connectivity index (χ0v) is 23.1. The molecule has 0 saturated carbocycles. The summed E-state index contributed by atoms with van der Waals surface area (Å²) in [5.74, 6) is 0.160. The molecular weight excluding hydrogens is 530 g/mol. The van der Waals surface area contributed by atoms with Gasteiger partial charge in [-0.1, -0.05) is 48.5 Å². The lowest BCUT2D eigenvalue weighted by molar-refractivity contribution is -0.330. The largest absolute Gasteiger partial charge is 0.461 e. The summed E-state index contributed by atoms with van der Waals surface area (Å²) in [7, 11) is 1.57. The topological polar surface area (TPSA) is 147 Å². The number of ether oxygens (including phenoxy) is 4. The fourth-order valence-corrected chi connectivity index (χ4v) is 4.61. The zero-order valence-electron chi connectivity index (χ0n) is 23.1. The van der Waals surface area contributed by atoms with Crippen molar-refractivity contribution in [2.75, 3.05) is 33.5 Å². The van der Waals surface area contributed by atoms with E-state index in [0.29, 0.717) is 23.5 Å². The van der Waals surface area contributed by atoms with E-state index in [9.17, 15) is 25.2 Å². The van der Waals surface area contributed by atoms with Gasteiger partial charge in [-0.05, 0) is 53.4 Å². The van der Waals surface area contributed by atoms with Crippen molar-refractivity contribution in [3.05, 3.63) is 89.5 Å². The minimum Gasteiger partial charge on any atom is -0.461 e. The molecule has 0 radical (unpaired) electrons. The molecule has 3 aromatic rings. The number of benzene rings is 3. The Bertz CT molecular complexity index is 1290. The number of aliphatic hydroxyl groups is 4. The van der Waals surface area contributed by atoms with Crippen LogP contribution in [0.15, 0.2) is 72.8 Å². The molecule has 4 rings (SSSR count). The molecule has 3 aromatic carbocycles. The number of aryl methyl sites for hydroxylation is 1. The number of nitrogens with one attached hydrogen (secondary N) is 1. The zero-order chi connectivity index (χ0) is 29.4. The Morgan fingerprint density at radius 1 is 0.976 bits per heavy atom. The second-order valence-corrected chi connectivity index (χ2v) is 9.96. The lowest BCUT2D eigenvalue weighted by atomic mass is 9.87. The highest BCUT2D eigenvalue weighted by Gasteiger charge is 2.56. The summed E-state index contributed by atoms with van der Waals surface area (Å²) in [5.41, 5.74) is 1.73. The number of rotatable bonds is 12. The third-order valence-corrected chi connectivity index (χ3v) is 7.01. The maximum absolute atomic E-state index is 12.0. The quantitative estimate of drug-likeness (QED) is 0.207. The molecule has 0 aromatic heterocycles. The molecule has 1 heterocycles. The molecule has 1 saturated heterocycles. The van der Waals surface area contributed by atoms with E-state index in [1.54, 1.807) is 44.3 Å². The number of carbonyl (C=O) groups excluding carboxylic acids is 1. The molecule has 0 bridgehead atoms. The van der Waals surface area contributed by atoms with Crippen LogP contribution in [0.4, 0.5) is 0 Å². The van der Waals surface area contributed by atoms with E-state index >= 15 is 0 Å². The number of aliphatic hydroxyl groups excluding tert-OH is 3. The van der Waals surface area contributed by atoms with E-state index in [4.69, 9.17) is 18.9 Å². The molecule has 10 nitrogen and oxygen atoms in total. The molecule has 5 N–H and O–H groups in total. The maximum atomic E-state index is 12.0. The van der Waals surface area contributed by atoms with Gasteiger partial charge in [0.15, 0.2) is 5.60 Å². The third-order valence-electron chi connectivity index (χ3n) is 7.01. The lowest BCUT2D eigenvalue weighted by Gasteiger charge is -2.47. The van der Waals surface area contributed by atoms with E-state index in [-0.39, 0.29) is 19.1 Å². The van der Waals surface area contributed by atoms with Crippen molar-refractivity contribution in [3.63, 3.8) is 0 Å². The molecule has 10 heteroatoms. The van der Waals surface area contributed by atoms with Crippen molar-refractivity contribution >= 4 is 5.91 Å². The lowest BCUT2D eigenvalue weighted by Crippen LogP contribution is -2.69. The number of carbonyl (C=O) groups is 1. The predicted octanol–water partition coefficient (Wildman–Crippen LogP) is 1.80. The highest BCUT2D eigenvalue weighted by molar-refractivity contribution is 5.95. The van der Waals surface area contributed by atoms with Crippen molar-refractivity contribution in [1.82, 2.24) is 5.32 Å². The summed E-state index contributed by atoms with van der Waals surface area (Å²) in [6.45, 7) is 1.52. The van der Waals surface area contributed by atoms with Crippen LogP contribution in [0.1, 0.15) is 21.5 Å². The van der Waals surface area contributed by atoms with E-state index in [0.717, 1.165) is 16.7 Å². The van der Waals surface area contributed by atoms with Gasteiger partial charge in [-0.3, -0.25) is 4.79 Å². The summed E-state index contributed by atoms with van der Waals surface area (Å²) < 4.78 is 23.0. The Morgan fingerprint density at radius 2 is 1.71 bits per heavy atom. The van der Waals surface area contributed by atoms with Crippen molar-refractivity contribution in [1.29, 1.82) is 0 Å². The number of hydrogen-bond acceptors (Lipinski definition) is 9. The normalized spacial score (nSPS) is 24.1. The van der Waals surface area contributed by atoms with Gasteiger partial charge in [0.2, 0.25) is 6.29 Å². The Kier molecular flexibility index (Phi) is 10.5. The Balaban J connectivity index is 1.45. The van der Waals surface area contributed by atoms with Crippen molar-refractivity contribution < 1.29 is 44.2 Å². The first-order chi connectivity index (χ1) is 19.8. The van der Waals surface area contributed by atoms with Gasteiger partial charge in [-0.15, -0.1) is 0 Å². The van der Waals surface area contributed by atoms with Gasteiger partial charge in [-0.25, -0.2) is 0 Å². The van der Waals surface area contributed by atoms with Crippen LogP contribution in [0.5, 0.6) is 5.75 Å². The number of amides is 1. The first-order valence-electron chi connectivity index (χ1n) is 13.4. The highest BCUT2D eigenvalue weighted by Crippen LogP contribution is 2.34. The van der Waals surface area contributed by atoms with Crippen LogP contribution in [0.3, 0.4) is 0 Å². The summed E-state index contributed by atoms with van der Waals surface area (Å²) in [6.07, 6.45) is -5.95. The highest BCUT2D eigenvalue weighted by atomic mass is 16.7. The van der Waals surface area contributed by atoms with Gasteiger partial charge in [0, 0.05) is 12.6 Å². The molecule has 1 fully saturated rings. The second kappa shape index (κ2) is 14.0. The van der Waals surface area contributed by atoms with Crippen LogP contribution >= 0.6 is 0 Å². The van der Waals surface area contributed by atoms with Crippen LogP contribution in [0, 0.1) is 6.92 Å². The molecule has 1 aliphatic heterocycles. The van der Waals surface area contributed by atoms with Crippen LogP contribution < -0.4 is 10.1 Å². The van der Waals surface area contributed by atoms with Gasteiger partial charge in [-0.2, -0.15) is 0 Å². The Morgan fingerprint density at radius 3 is 2.41 bits per heavy atom. The average molecular weight is 568 g/mol. The molecule has 1 amide bonds. The molecule has 0 aliphatic carbocycles. The van der Waals surface area contributed by atoms with E-state index < -0.39 is 43.4 Å². The van der Waals surface area contributed by atoms with Crippen LogP contribution in [0.25, 0.3) is 11.1 Å². The smallest absolute Gasteiger partial charge is 0.251 e. The molecular formula is C31H37NO9. The molecule has 0 spiro atoms. The fraction of sp³-hybridized carbons (Fsp3) is 0.387. The van der Waals surface area contributed by atoms with Crippen LogP contribution in [-0.2, 0) is 20.8 Å². The second-order valence-electron chi connectivity index (χ2n) is 9.96. The van der Waals surface area contributed by atoms with Gasteiger partial charge in [0.25, 0.3) is 5.91 Å². The number of hydrogen-bond donors (Lipinski definition) is 5. The van der Waals surface area contributed by atoms with E-state index in [1.807, 2.05) is 42.5 Å². The van der Waals surface area contributed by atoms with Crippen molar-refractivity contribution in [2.45, 2.75) is 43.7 Å². The van der Waals surface area contributed by atoms with Crippen LogP contribution in [-0.4, -0.2) is 90.0 Å². The molecule has 1 aliphatic rings. The summed E-state index contributed by atoms with van der Waals surface area (Å²) >= 11 is 0. The predicted molar refractivity (Wildman–Crippen MR) is 150 cm³/mol. The standard InChI is InChI=1S/C31H37NO9/c1-20-15-23(22-9-6-10-24(16-22)29(36)32-2)11-12-25(20)40-30-31(37,28(35)27(34)26(17-33)41-30)19-39-14-13-38-18-21-7-4-3-5-8-21/h3-12,15-16,26-28,30,33-35,37H,13-14,17-19H2,1-2H3,(H,32,36)/t26?,27-,28?,30+,31+/m1/s1. The summed E-state index contributed by atoms with van der Waals surface area (Å²) in [5, 5.41) is 45.1.